The third kappa shape index (κ3) is 5.03. The molecule has 1 saturated carbocycles. The van der Waals surface area contributed by atoms with Gasteiger partial charge in [0.05, 0.1) is 18.7 Å². The van der Waals surface area contributed by atoms with Crippen molar-refractivity contribution in [1.29, 1.82) is 0 Å². The van der Waals surface area contributed by atoms with Crippen molar-refractivity contribution in [2.75, 3.05) is 39.4 Å². The molecule has 2 saturated heterocycles. The number of hydrogen-bond acceptors (Lipinski definition) is 6. The van der Waals surface area contributed by atoms with Gasteiger partial charge >= 0.3 is 6.03 Å². The third-order valence-corrected chi connectivity index (χ3v) is 10.1. The van der Waals surface area contributed by atoms with E-state index >= 15 is 0 Å². The SMILES string of the molecule is O=C(N1CCOCC1)n1ccc2c(/C=C/S(=O)(=O)N3CCC4(CC3)N=C(C3CCCCC3)NC4=O)cccc21. The highest BCUT2D eigenvalue weighted by Gasteiger charge is 2.48. The standard InChI is InChI=1S/C28H35N5O5S/c34-26-28(30-25(29-26)22-5-2-1-3-6-22)11-14-32(15-12-28)39(36,37)20-10-21-7-4-8-24-23(21)9-13-33(24)27(35)31-16-18-38-19-17-31/h4,7-10,13,20,22H,1-3,5-6,11-12,14-19H2,(H,29,30,34)/b20-10+. The van der Waals surface area contributed by atoms with Crippen LogP contribution in [0.1, 0.15) is 50.5 Å². The topological polar surface area (TPSA) is 113 Å². The maximum atomic E-state index is 13.2. The van der Waals surface area contributed by atoms with E-state index < -0.39 is 15.6 Å². The second-order valence-corrected chi connectivity index (χ2v) is 12.7. The lowest BCUT2D eigenvalue weighted by Crippen LogP contribution is -2.50. The Balaban J connectivity index is 1.15. The Bertz CT molecular complexity index is 1430. The molecule has 0 atom stereocenters. The average molecular weight is 554 g/mol. The third-order valence-electron chi connectivity index (χ3n) is 8.57. The lowest BCUT2D eigenvalue weighted by Gasteiger charge is -2.34. The number of amides is 2. The lowest BCUT2D eigenvalue weighted by atomic mass is 9.88. The molecule has 1 spiro atoms. The highest BCUT2D eigenvalue weighted by molar-refractivity contribution is 7.92. The largest absolute Gasteiger partial charge is 0.378 e. The van der Waals surface area contributed by atoms with Gasteiger partial charge in [0.1, 0.15) is 11.4 Å². The van der Waals surface area contributed by atoms with Gasteiger partial charge < -0.3 is 15.0 Å². The van der Waals surface area contributed by atoms with Gasteiger partial charge in [-0.2, -0.15) is 4.31 Å². The van der Waals surface area contributed by atoms with Gasteiger partial charge in [0.25, 0.3) is 5.91 Å². The van der Waals surface area contributed by atoms with E-state index in [4.69, 9.17) is 9.73 Å². The monoisotopic (exact) mass is 553 g/mol. The number of hydrogen-bond donors (Lipinski definition) is 1. The minimum absolute atomic E-state index is 0.0847. The van der Waals surface area contributed by atoms with E-state index in [0.717, 1.165) is 48.0 Å². The summed E-state index contributed by atoms with van der Waals surface area (Å²) in [4.78, 5) is 32.5. The first-order chi connectivity index (χ1) is 18.9. The smallest absolute Gasteiger partial charge is 0.328 e. The number of amidine groups is 1. The van der Waals surface area contributed by atoms with Crippen molar-refractivity contribution < 1.29 is 22.7 Å². The Morgan fingerprint density at radius 2 is 1.79 bits per heavy atom. The molecular weight excluding hydrogens is 518 g/mol. The molecule has 1 aromatic carbocycles. The van der Waals surface area contributed by atoms with Crippen molar-refractivity contribution in [2.24, 2.45) is 10.9 Å². The van der Waals surface area contributed by atoms with Crippen LogP contribution >= 0.6 is 0 Å². The summed E-state index contributed by atoms with van der Waals surface area (Å²) >= 11 is 0. The second-order valence-electron chi connectivity index (χ2n) is 10.9. The van der Waals surface area contributed by atoms with Crippen LogP contribution < -0.4 is 5.32 Å². The van der Waals surface area contributed by atoms with E-state index in [1.165, 1.54) is 16.1 Å². The van der Waals surface area contributed by atoms with Crippen molar-refractivity contribution in [2.45, 2.75) is 50.5 Å². The van der Waals surface area contributed by atoms with Gasteiger partial charge in [0.15, 0.2) is 0 Å². The number of sulfonamides is 1. The predicted octanol–water partition coefficient (Wildman–Crippen LogP) is 3.19. The number of ether oxygens (including phenoxy) is 1. The fourth-order valence-corrected chi connectivity index (χ4v) is 7.40. The quantitative estimate of drug-likeness (QED) is 0.625. The first-order valence-corrected chi connectivity index (χ1v) is 15.4. The van der Waals surface area contributed by atoms with Crippen LogP contribution in [0.3, 0.4) is 0 Å². The van der Waals surface area contributed by atoms with E-state index in [0.29, 0.717) is 45.1 Å². The van der Waals surface area contributed by atoms with Gasteiger partial charge in [-0.15, -0.1) is 0 Å². The van der Waals surface area contributed by atoms with Crippen LogP contribution in [0.15, 0.2) is 40.9 Å². The van der Waals surface area contributed by atoms with Crippen molar-refractivity contribution >= 4 is 44.8 Å². The van der Waals surface area contributed by atoms with Crippen molar-refractivity contribution in [3.8, 4) is 0 Å². The Labute approximate surface area is 228 Å². The minimum Gasteiger partial charge on any atom is -0.378 e. The molecule has 208 valence electrons. The van der Waals surface area contributed by atoms with E-state index in [9.17, 15) is 18.0 Å². The maximum Gasteiger partial charge on any atom is 0.328 e. The van der Waals surface area contributed by atoms with Crippen LogP contribution in [0.4, 0.5) is 4.79 Å². The molecule has 1 aliphatic carbocycles. The van der Waals surface area contributed by atoms with Crippen LogP contribution in [-0.2, 0) is 19.6 Å². The van der Waals surface area contributed by atoms with Crippen LogP contribution in [0.5, 0.6) is 0 Å². The van der Waals surface area contributed by atoms with E-state index in [1.54, 1.807) is 21.7 Å². The Morgan fingerprint density at radius 1 is 1.05 bits per heavy atom. The first-order valence-electron chi connectivity index (χ1n) is 13.9. The van der Waals surface area contributed by atoms with Crippen LogP contribution in [0, 0.1) is 5.92 Å². The molecule has 0 bridgehead atoms. The number of rotatable bonds is 4. The molecular formula is C28H35N5O5S. The van der Waals surface area contributed by atoms with E-state index in [2.05, 4.69) is 5.32 Å². The van der Waals surface area contributed by atoms with Gasteiger partial charge in [-0.1, -0.05) is 31.4 Å². The number of nitrogens with zero attached hydrogens (tertiary/aromatic N) is 4. The second kappa shape index (κ2) is 10.5. The number of piperidine rings is 1. The summed E-state index contributed by atoms with van der Waals surface area (Å²) in [6.45, 7) is 2.62. The molecule has 1 N–H and O–H groups in total. The van der Waals surface area contributed by atoms with E-state index in [1.807, 2.05) is 24.3 Å². The van der Waals surface area contributed by atoms with Crippen LogP contribution in [0.25, 0.3) is 17.0 Å². The maximum absolute atomic E-state index is 13.2. The molecule has 2 aromatic rings. The van der Waals surface area contributed by atoms with Crippen LogP contribution in [0.2, 0.25) is 0 Å². The zero-order valence-electron chi connectivity index (χ0n) is 22.0. The average Bonchev–Trinajstić information content (AvgIpc) is 3.54. The molecule has 3 fully saturated rings. The number of aromatic nitrogens is 1. The summed E-state index contributed by atoms with van der Waals surface area (Å²) in [5.41, 5.74) is 0.601. The zero-order chi connectivity index (χ0) is 27.0. The van der Waals surface area contributed by atoms with Gasteiger partial charge in [-0.3, -0.25) is 14.4 Å². The Morgan fingerprint density at radius 3 is 2.54 bits per heavy atom. The molecule has 4 heterocycles. The molecule has 10 nitrogen and oxygen atoms in total. The summed E-state index contributed by atoms with van der Waals surface area (Å²) in [7, 11) is -3.70. The van der Waals surface area contributed by atoms with E-state index in [-0.39, 0.29) is 25.0 Å². The zero-order valence-corrected chi connectivity index (χ0v) is 22.9. The van der Waals surface area contributed by atoms with Gasteiger partial charge in [0.2, 0.25) is 10.0 Å². The van der Waals surface area contributed by atoms with Gasteiger partial charge in [-0.25, -0.2) is 13.2 Å². The number of fused-ring (bicyclic) bond motifs is 1. The summed E-state index contributed by atoms with van der Waals surface area (Å²) in [5.74, 6) is 1.04. The predicted molar refractivity (Wildman–Crippen MR) is 149 cm³/mol. The number of carbonyl (C=O) groups is 2. The number of carbonyl (C=O) groups excluding carboxylic acids is 2. The number of benzene rings is 1. The summed E-state index contributed by atoms with van der Waals surface area (Å²) in [6, 6.07) is 7.24. The number of aliphatic imine (C=N–C) groups is 1. The Kier molecular flexibility index (Phi) is 7.07. The molecule has 0 radical (unpaired) electrons. The molecule has 2 amide bonds. The van der Waals surface area contributed by atoms with Crippen molar-refractivity contribution in [1.82, 2.24) is 19.1 Å². The van der Waals surface area contributed by atoms with Gasteiger partial charge in [0, 0.05) is 49.1 Å². The number of morpholine rings is 1. The fourth-order valence-electron chi connectivity index (χ4n) is 6.22. The summed E-state index contributed by atoms with van der Waals surface area (Å²) in [6.07, 6.45) is 9.74. The normalized spacial score (nSPS) is 23.0. The lowest BCUT2D eigenvalue weighted by molar-refractivity contribution is -0.125. The van der Waals surface area contributed by atoms with Gasteiger partial charge in [-0.05, 0) is 49.5 Å². The fraction of sp³-hybridized carbons (Fsp3) is 0.536. The Hall–Kier alpha value is -3.02. The molecule has 4 aliphatic rings. The molecule has 1 aromatic heterocycles. The molecule has 0 unspecified atom stereocenters. The molecule has 6 rings (SSSR count). The highest BCUT2D eigenvalue weighted by Crippen LogP contribution is 2.35. The van der Waals surface area contributed by atoms with Crippen LogP contribution in [-0.4, -0.2) is 84.9 Å². The van der Waals surface area contributed by atoms with Crippen molar-refractivity contribution in [3.63, 3.8) is 0 Å². The molecule has 11 heteroatoms. The molecule has 39 heavy (non-hydrogen) atoms. The summed E-state index contributed by atoms with van der Waals surface area (Å²) < 4.78 is 34.9. The van der Waals surface area contributed by atoms with Crippen molar-refractivity contribution in [3.05, 3.63) is 41.4 Å². The molecule has 3 aliphatic heterocycles. The highest BCUT2D eigenvalue weighted by atomic mass is 32.2. The number of nitrogens with one attached hydrogen (secondary N) is 1. The summed E-state index contributed by atoms with van der Waals surface area (Å²) in [5, 5.41) is 5.06. The first kappa shape index (κ1) is 26.2. The minimum atomic E-state index is -3.70.